The summed E-state index contributed by atoms with van der Waals surface area (Å²) in [7, 11) is 0. The molecule has 2 unspecified atom stereocenters. The molecule has 0 fully saturated rings. The monoisotopic (exact) mass is 996 g/mol. The van der Waals surface area contributed by atoms with E-state index in [2.05, 4.69) is 0 Å². The molecule has 0 spiro atoms. The van der Waals surface area contributed by atoms with Crippen LogP contribution in [-0.2, 0) is 27.2 Å². The van der Waals surface area contributed by atoms with Gasteiger partial charge in [-0.1, -0.05) is 108 Å². The number of fused-ring (bicyclic) bond motifs is 2. The maximum absolute atomic E-state index is 14.9. The summed E-state index contributed by atoms with van der Waals surface area (Å²) in [6.07, 6.45) is -1.43. The van der Waals surface area contributed by atoms with E-state index < -0.39 is 56.5 Å². The number of halogens is 3. The molecule has 366 valence electrons. The van der Waals surface area contributed by atoms with Crippen molar-refractivity contribution in [1.82, 2.24) is 0 Å². The van der Waals surface area contributed by atoms with Crippen LogP contribution in [0.15, 0.2) is 107 Å². The van der Waals surface area contributed by atoms with Gasteiger partial charge in [0, 0.05) is 20.9 Å². The minimum absolute atomic E-state index is 0.289. The number of carboxylic acid groups (broad SMARTS) is 1. The first kappa shape index (κ1) is 54.2. The molecule has 4 aromatic rings. The minimum atomic E-state index is -5.08. The standard InChI is InChI=1S/C46H58N8O4S3.C2HF3O2/c1-45(51,25-11-27-47)41(57)53-37-31(39(55)33(49)23-21-29-13-5-3-6-14-29)17-9-19-35(37)59-43(53)61-44-54(42(58)46(2,52)26-12-28-48)38-32(18-10-20-36(38)60-44)40(56)34(50)24-22-30-15-7-4-8-16-30;3-2(4,5)1(6)7/h3-10,13-20,33-34,43-44H,11-12,21-28,47-52H2,1-2H3;(H,6,7)/t33-,34-,43?,44?,45-,46-;/m0./s1. The second kappa shape index (κ2) is 23.7. The van der Waals surface area contributed by atoms with Gasteiger partial charge in [0.25, 0.3) is 0 Å². The number of hydrogen-bond donors (Lipinski definition) is 7. The Morgan fingerprint density at radius 2 is 0.985 bits per heavy atom. The number of para-hydroxylation sites is 2. The van der Waals surface area contributed by atoms with Crippen molar-refractivity contribution in [2.24, 2.45) is 34.4 Å². The second-order valence-electron chi connectivity index (χ2n) is 17.1. The van der Waals surface area contributed by atoms with E-state index in [9.17, 15) is 32.3 Å². The number of nitrogens with zero attached hydrogens (tertiary/aromatic N) is 2. The highest BCUT2D eigenvalue weighted by molar-refractivity contribution is 8.24. The van der Waals surface area contributed by atoms with Crippen LogP contribution in [0.3, 0.4) is 0 Å². The van der Waals surface area contributed by atoms with E-state index in [4.69, 9.17) is 44.3 Å². The predicted octanol–water partition coefficient (Wildman–Crippen LogP) is 6.40. The minimum Gasteiger partial charge on any atom is -0.475 e. The van der Waals surface area contributed by atoms with Gasteiger partial charge in [-0.05, 0) is 114 Å². The molecule has 0 saturated carbocycles. The summed E-state index contributed by atoms with van der Waals surface area (Å²) in [5, 5.41) is 7.12. The molecule has 0 saturated heterocycles. The van der Waals surface area contributed by atoms with E-state index in [-0.39, 0.29) is 11.6 Å². The topological polar surface area (TPSA) is 268 Å². The Bertz CT molecular complexity index is 2260. The first-order valence-corrected chi connectivity index (χ1v) is 24.7. The Hall–Kier alpha value is -4.77. The summed E-state index contributed by atoms with van der Waals surface area (Å²) in [4.78, 5) is 71.8. The largest absolute Gasteiger partial charge is 0.490 e. The number of benzene rings is 4. The van der Waals surface area contributed by atoms with Crippen LogP contribution in [0.1, 0.15) is 84.2 Å². The fourth-order valence-electron chi connectivity index (χ4n) is 7.63. The molecule has 0 aliphatic carbocycles. The van der Waals surface area contributed by atoms with Crippen LogP contribution in [-0.4, -0.2) is 86.3 Å². The zero-order valence-electron chi connectivity index (χ0n) is 37.8. The maximum Gasteiger partial charge on any atom is 0.490 e. The number of nitrogens with two attached hydrogens (primary N) is 6. The van der Waals surface area contributed by atoms with Crippen molar-refractivity contribution in [2.45, 2.75) is 114 Å². The van der Waals surface area contributed by atoms with Gasteiger partial charge < -0.3 is 39.5 Å². The van der Waals surface area contributed by atoms with Gasteiger partial charge in [0.05, 0.1) is 34.5 Å². The number of amides is 2. The molecule has 4 aromatic carbocycles. The number of carbonyl (C=O) groups excluding carboxylic acids is 4. The predicted molar refractivity (Wildman–Crippen MR) is 264 cm³/mol. The average Bonchev–Trinajstić information content (AvgIpc) is 3.88. The summed E-state index contributed by atoms with van der Waals surface area (Å²) in [5.41, 5.74) is 39.6. The molecule has 2 heterocycles. The maximum atomic E-state index is 14.9. The van der Waals surface area contributed by atoms with Crippen molar-refractivity contribution in [1.29, 1.82) is 0 Å². The first-order chi connectivity index (χ1) is 32.1. The highest BCUT2D eigenvalue weighted by atomic mass is 32.2. The molecule has 0 aromatic heterocycles. The van der Waals surface area contributed by atoms with Crippen molar-refractivity contribution in [2.75, 3.05) is 22.9 Å². The molecule has 6 atom stereocenters. The van der Waals surface area contributed by atoms with E-state index in [0.29, 0.717) is 96.7 Å². The molecule has 0 radical (unpaired) electrons. The third-order valence-corrected chi connectivity index (χ3v) is 15.5. The van der Waals surface area contributed by atoms with Crippen LogP contribution in [0.4, 0.5) is 24.5 Å². The second-order valence-corrected chi connectivity index (χ2v) is 21.1. The molecule has 6 rings (SSSR count). The van der Waals surface area contributed by atoms with Gasteiger partial charge in [0.1, 0.15) is 9.41 Å². The number of aliphatic carboxylic acids is 1. The van der Waals surface area contributed by atoms with Crippen molar-refractivity contribution in [3.8, 4) is 0 Å². The molecule has 0 bridgehead atoms. The van der Waals surface area contributed by atoms with Crippen LogP contribution in [0.2, 0.25) is 0 Å². The number of alkyl halides is 3. The molecule has 2 amide bonds. The Morgan fingerprint density at radius 3 is 1.31 bits per heavy atom. The van der Waals surface area contributed by atoms with Crippen molar-refractivity contribution in [3.05, 3.63) is 119 Å². The number of hydrogen-bond acceptors (Lipinski definition) is 14. The number of ketones is 2. The normalized spacial score (nSPS) is 18.0. The lowest BCUT2D eigenvalue weighted by atomic mass is 9.93. The summed E-state index contributed by atoms with van der Waals surface area (Å²) >= 11 is 4.13. The highest BCUT2D eigenvalue weighted by Gasteiger charge is 2.49. The van der Waals surface area contributed by atoms with Gasteiger partial charge in [-0.3, -0.25) is 29.0 Å². The third kappa shape index (κ3) is 13.3. The van der Waals surface area contributed by atoms with Crippen LogP contribution >= 0.6 is 35.3 Å². The summed E-state index contributed by atoms with van der Waals surface area (Å²) in [5.74, 6) is -4.13. The molecule has 14 nitrogen and oxygen atoms in total. The van der Waals surface area contributed by atoms with Gasteiger partial charge in [-0.2, -0.15) is 13.2 Å². The van der Waals surface area contributed by atoms with Gasteiger partial charge in [0.2, 0.25) is 11.8 Å². The van der Waals surface area contributed by atoms with Crippen molar-refractivity contribution in [3.63, 3.8) is 0 Å². The van der Waals surface area contributed by atoms with Crippen LogP contribution in [0.25, 0.3) is 0 Å². The van der Waals surface area contributed by atoms with Gasteiger partial charge in [-0.15, -0.1) is 0 Å². The van der Waals surface area contributed by atoms with Gasteiger partial charge in [0.15, 0.2) is 11.6 Å². The lowest BCUT2D eigenvalue weighted by Crippen LogP contribution is -2.56. The quantitative estimate of drug-likeness (QED) is 0.0473. The van der Waals surface area contributed by atoms with Crippen molar-refractivity contribution < 1.29 is 42.3 Å². The van der Waals surface area contributed by atoms with Gasteiger partial charge in [-0.25, -0.2) is 4.79 Å². The molecule has 68 heavy (non-hydrogen) atoms. The Kier molecular flexibility index (Phi) is 18.9. The SMILES string of the molecule is C[C@](N)(CCCN)C(=O)N1c2c(cccc2C(=O)[C@@H](N)CCc2ccccc2)SC1SC1Sc2cccc(C(=O)[C@@H](N)CCc3ccccc3)c2N1C(=O)[C@@](C)(N)CCCN.O=C(O)C(F)(F)F. The molecular weight excluding hydrogens is 938 g/mol. The third-order valence-electron chi connectivity index (χ3n) is 11.4. The lowest BCUT2D eigenvalue weighted by Gasteiger charge is -2.37. The highest BCUT2D eigenvalue weighted by Crippen LogP contribution is 2.57. The van der Waals surface area contributed by atoms with E-state index in [1.807, 2.05) is 72.8 Å². The molecule has 20 heteroatoms. The fourth-order valence-corrected chi connectivity index (χ4v) is 12.4. The average molecular weight is 997 g/mol. The molecule has 2 aliphatic rings. The fraction of sp³-hybridized carbons (Fsp3) is 0.396. The molecular formula is C48H59F3N8O6S3. The van der Waals surface area contributed by atoms with Crippen molar-refractivity contribution >= 4 is 76.0 Å². The molecule has 13 N–H and O–H groups in total. The number of carbonyl (C=O) groups is 5. The summed E-state index contributed by atoms with van der Waals surface area (Å²) in [6.45, 7) is 4.04. The van der Waals surface area contributed by atoms with E-state index >= 15 is 0 Å². The Morgan fingerprint density at radius 1 is 0.632 bits per heavy atom. The number of anilines is 2. The zero-order valence-corrected chi connectivity index (χ0v) is 40.3. The first-order valence-electron chi connectivity index (χ1n) is 22.0. The lowest BCUT2D eigenvalue weighted by molar-refractivity contribution is -0.192. The van der Waals surface area contributed by atoms with Crippen LogP contribution in [0.5, 0.6) is 0 Å². The molecule has 2 aliphatic heterocycles. The Balaban J connectivity index is 0.00000114. The summed E-state index contributed by atoms with van der Waals surface area (Å²) < 4.78 is 30.3. The van der Waals surface area contributed by atoms with Crippen LogP contribution in [0, 0.1) is 0 Å². The number of thioether (sulfide) groups is 3. The van der Waals surface area contributed by atoms with E-state index in [1.165, 1.54) is 35.3 Å². The van der Waals surface area contributed by atoms with E-state index in [1.54, 1.807) is 47.9 Å². The number of carboxylic acids is 1. The van der Waals surface area contributed by atoms with Gasteiger partial charge >= 0.3 is 12.1 Å². The Labute approximate surface area is 406 Å². The summed E-state index contributed by atoms with van der Waals surface area (Å²) in [6, 6.07) is 28.7. The number of Topliss-reactive ketones (excluding diaryl/α,β-unsaturated/α-hetero) is 2. The number of aryl methyl sites for hydroxylation is 2. The van der Waals surface area contributed by atoms with Crippen LogP contribution < -0.4 is 44.2 Å². The zero-order chi connectivity index (χ0) is 50.0. The smallest absolute Gasteiger partial charge is 0.475 e. The number of rotatable bonds is 20. The van der Waals surface area contributed by atoms with E-state index in [0.717, 1.165) is 11.1 Å².